The second-order valence-electron chi connectivity index (χ2n) is 3.57. The first-order valence-electron chi connectivity index (χ1n) is 4.83. The van der Waals surface area contributed by atoms with E-state index in [0.29, 0.717) is 9.83 Å². The molecule has 1 fully saturated rings. The van der Waals surface area contributed by atoms with Crippen molar-refractivity contribution in [3.05, 3.63) is 35.4 Å². The third-order valence-corrected chi connectivity index (χ3v) is 5.75. The molecule has 2 N–H and O–H groups in total. The number of rotatable bonds is 2. The van der Waals surface area contributed by atoms with Crippen LogP contribution in [0.25, 0.3) is 0 Å². The lowest BCUT2D eigenvalue weighted by molar-refractivity contribution is 0.971. The normalized spacial score (nSPS) is 26.7. The molecule has 14 heavy (non-hydrogen) atoms. The highest BCUT2D eigenvalue weighted by Gasteiger charge is 2.25. The maximum atomic E-state index is 5.66. The van der Waals surface area contributed by atoms with E-state index in [4.69, 9.17) is 5.73 Å². The van der Waals surface area contributed by atoms with E-state index in [-0.39, 0.29) is 0 Å². The Morgan fingerprint density at radius 3 is 2.64 bits per heavy atom. The Bertz CT molecular complexity index is 297. The second kappa shape index (κ2) is 4.60. The molecular weight excluding hydrogens is 210 g/mol. The van der Waals surface area contributed by atoms with Crippen LogP contribution in [0.2, 0.25) is 0 Å². The molecule has 0 bridgehead atoms. The summed E-state index contributed by atoms with van der Waals surface area (Å²) in [4.78, 5) is 0. The first-order chi connectivity index (χ1) is 6.79. The minimum atomic E-state index is 0.601. The third-order valence-electron chi connectivity index (χ3n) is 2.36. The minimum absolute atomic E-state index is 0.601. The van der Waals surface area contributed by atoms with Crippen molar-refractivity contribution in [1.82, 2.24) is 0 Å². The molecule has 2 rings (SSSR count). The van der Waals surface area contributed by atoms with E-state index in [2.05, 4.69) is 31.2 Å². The van der Waals surface area contributed by atoms with Gasteiger partial charge in [0.2, 0.25) is 0 Å². The van der Waals surface area contributed by atoms with Crippen LogP contribution < -0.4 is 5.73 Å². The molecule has 1 saturated heterocycles. The molecule has 0 aliphatic carbocycles. The van der Waals surface area contributed by atoms with Crippen LogP contribution in [-0.4, -0.2) is 17.5 Å². The van der Waals surface area contributed by atoms with E-state index in [9.17, 15) is 0 Å². The van der Waals surface area contributed by atoms with Gasteiger partial charge >= 0.3 is 0 Å². The summed E-state index contributed by atoms with van der Waals surface area (Å²) in [5, 5.41) is 0.645. The quantitative estimate of drug-likeness (QED) is 0.838. The summed E-state index contributed by atoms with van der Waals surface area (Å²) in [5.74, 6) is 1.19. The van der Waals surface area contributed by atoms with Gasteiger partial charge in [0.25, 0.3) is 0 Å². The van der Waals surface area contributed by atoms with Gasteiger partial charge in [-0.3, -0.25) is 0 Å². The number of hydrogen-bond donors (Lipinski definition) is 1. The fourth-order valence-electron chi connectivity index (χ4n) is 1.47. The highest BCUT2D eigenvalue weighted by atomic mass is 32.2. The van der Waals surface area contributed by atoms with Crippen LogP contribution in [0.15, 0.2) is 24.3 Å². The zero-order valence-electron chi connectivity index (χ0n) is 8.27. The Balaban J connectivity index is 2.06. The van der Waals surface area contributed by atoms with E-state index < -0.39 is 0 Å². The summed E-state index contributed by atoms with van der Waals surface area (Å²) in [6.07, 6.45) is 0. The van der Waals surface area contributed by atoms with Crippen molar-refractivity contribution in [3.63, 3.8) is 0 Å². The molecule has 1 aromatic carbocycles. The summed E-state index contributed by atoms with van der Waals surface area (Å²) in [5.41, 5.74) is 8.43. The summed E-state index contributed by atoms with van der Waals surface area (Å²) < 4.78 is 0.601. The third kappa shape index (κ3) is 2.27. The van der Waals surface area contributed by atoms with Crippen molar-refractivity contribution in [2.45, 2.75) is 16.8 Å². The van der Waals surface area contributed by atoms with Gasteiger partial charge in [-0.1, -0.05) is 29.8 Å². The molecule has 1 aliphatic rings. The fraction of sp³-hybridized carbons (Fsp3) is 0.455. The van der Waals surface area contributed by atoms with Gasteiger partial charge in [-0.2, -0.15) is 0 Å². The Kier molecular flexibility index (Phi) is 3.42. The Labute approximate surface area is 93.8 Å². The number of hydrogen-bond acceptors (Lipinski definition) is 3. The van der Waals surface area contributed by atoms with E-state index in [1.165, 1.54) is 16.9 Å². The van der Waals surface area contributed by atoms with Gasteiger partial charge < -0.3 is 5.73 Å². The van der Waals surface area contributed by atoms with Gasteiger partial charge in [-0.05, 0) is 12.5 Å². The molecule has 0 amide bonds. The number of aryl methyl sites for hydroxylation is 1. The summed E-state index contributed by atoms with van der Waals surface area (Å²) in [6.45, 7) is 2.93. The lowest BCUT2D eigenvalue weighted by Crippen LogP contribution is -2.15. The first-order valence-corrected chi connectivity index (χ1v) is 6.82. The van der Waals surface area contributed by atoms with Crippen molar-refractivity contribution < 1.29 is 0 Å². The van der Waals surface area contributed by atoms with Crippen LogP contribution >= 0.6 is 23.5 Å². The molecule has 76 valence electrons. The smallest absolute Gasteiger partial charge is 0.0755 e. The number of thioether (sulfide) groups is 2. The van der Waals surface area contributed by atoms with Gasteiger partial charge in [0.15, 0.2) is 0 Å². The lowest BCUT2D eigenvalue weighted by Gasteiger charge is -2.09. The topological polar surface area (TPSA) is 26.0 Å². The monoisotopic (exact) mass is 225 g/mol. The summed E-state index contributed by atoms with van der Waals surface area (Å²) >= 11 is 4.02. The predicted octanol–water partition coefficient (Wildman–Crippen LogP) is 2.80. The van der Waals surface area contributed by atoms with Crippen LogP contribution in [0.1, 0.15) is 15.7 Å². The van der Waals surface area contributed by atoms with Gasteiger partial charge in [0.1, 0.15) is 0 Å². The van der Waals surface area contributed by atoms with Gasteiger partial charge in [-0.25, -0.2) is 0 Å². The maximum absolute atomic E-state index is 5.66. The highest BCUT2D eigenvalue weighted by molar-refractivity contribution is 8.19. The molecule has 1 aliphatic heterocycles. The van der Waals surface area contributed by atoms with Crippen LogP contribution in [0.4, 0.5) is 0 Å². The molecule has 2 unspecified atom stereocenters. The predicted molar refractivity (Wildman–Crippen MR) is 66.8 cm³/mol. The Morgan fingerprint density at radius 2 is 2.07 bits per heavy atom. The average Bonchev–Trinajstić information content (AvgIpc) is 2.67. The summed E-state index contributed by atoms with van der Waals surface area (Å²) in [6, 6.07) is 8.84. The highest BCUT2D eigenvalue weighted by Crippen LogP contribution is 2.48. The van der Waals surface area contributed by atoms with Crippen LogP contribution in [-0.2, 0) is 0 Å². The zero-order chi connectivity index (χ0) is 9.97. The maximum Gasteiger partial charge on any atom is 0.0755 e. The molecule has 0 saturated carbocycles. The lowest BCUT2D eigenvalue weighted by atomic mass is 10.2. The van der Waals surface area contributed by atoms with Gasteiger partial charge in [0, 0.05) is 17.5 Å². The molecule has 0 spiro atoms. The standard InChI is InChI=1S/C11H15NS2/c1-8-2-4-9(5-3-8)11-13-7-10(6-12)14-11/h2-5,10-11H,6-7,12H2,1H3. The second-order valence-corrected chi connectivity index (χ2v) is 6.42. The van der Waals surface area contributed by atoms with Crippen LogP contribution in [0.5, 0.6) is 0 Å². The van der Waals surface area contributed by atoms with Crippen molar-refractivity contribution in [2.75, 3.05) is 12.3 Å². The largest absolute Gasteiger partial charge is 0.329 e. The molecular formula is C11H15NS2. The van der Waals surface area contributed by atoms with Crippen molar-refractivity contribution in [2.24, 2.45) is 5.73 Å². The zero-order valence-corrected chi connectivity index (χ0v) is 9.91. The van der Waals surface area contributed by atoms with E-state index in [0.717, 1.165) is 6.54 Å². The van der Waals surface area contributed by atoms with Gasteiger partial charge in [-0.15, -0.1) is 23.5 Å². The molecule has 0 radical (unpaired) electrons. The molecule has 2 atom stereocenters. The first kappa shape index (κ1) is 10.4. The van der Waals surface area contributed by atoms with E-state index in [1.807, 2.05) is 23.5 Å². The minimum Gasteiger partial charge on any atom is -0.329 e. The van der Waals surface area contributed by atoms with Crippen molar-refractivity contribution in [3.8, 4) is 0 Å². The molecule has 3 heteroatoms. The fourth-order valence-corrected chi connectivity index (χ4v) is 4.69. The van der Waals surface area contributed by atoms with E-state index >= 15 is 0 Å². The number of nitrogens with two attached hydrogens (primary N) is 1. The molecule has 1 nitrogen and oxygen atoms in total. The Morgan fingerprint density at radius 1 is 1.36 bits per heavy atom. The van der Waals surface area contributed by atoms with Crippen LogP contribution in [0, 0.1) is 6.92 Å². The Hall–Kier alpha value is -0.120. The van der Waals surface area contributed by atoms with Crippen molar-refractivity contribution in [1.29, 1.82) is 0 Å². The average molecular weight is 225 g/mol. The summed E-state index contributed by atoms with van der Waals surface area (Å²) in [7, 11) is 0. The molecule has 0 aromatic heterocycles. The van der Waals surface area contributed by atoms with Gasteiger partial charge in [0.05, 0.1) is 4.58 Å². The molecule has 1 heterocycles. The van der Waals surface area contributed by atoms with Crippen LogP contribution in [0.3, 0.4) is 0 Å². The number of benzene rings is 1. The van der Waals surface area contributed by atoms with Crippen molar-refractivity contribution >= 4 is 23.5 Å². The molecule has 1 aromatic rings. The SMILES string of the molecule is Cc1ccc(C2SCC(CN)S2)cc1. The van der Waals surface area contributed by atoms with E-state index in [1.54, 1.807) is 0 Å².